The summed E-state index contributed by atoms with van der Waals surface area (Å²) in [7, 11) is 1.87. The molecule has 0 radical (unpaired) electrons. The number of hydrogen-bond donors (Lipinski definition) is 1. The summed E-state index contributed by atoms with van der Waals surface area (Å²) in [4.78, 5) is 13.7. The lowest BCUT2D eigenvalue weighted by Crippen LogP contribution is -2.44. The van der Waals surface area contributed by atoms with Crippen LogP contribution in [0.5, 0.6) is 0 Å². The number of amides is 1. The van der Waals surface area contributed by atoms with Gasteiger partial charge in [-0.3, -0.25) is 4.79 Å². The monoisotopic (exact) mass is 332 g/mol. The molecule has 19 heavy (non-hydrogen) atoms. The SMILES string of the molecule is CNC1CCN(C(=O)c2c(F)ccc(Br)c2F)CC1. The Morgan fingerprint density at radius 3 is 2.58 bits per heavy atom. The van der Waals surface area contributed by atoms with E-state index in [2.05, 4.69) is 21.2 Å². The Balaban J connectivity index is 2.19. The van der Waals surface area contributed by atoms with E-state index in [1.807, 2.05) is 7.05 Å². The van der Waals surface area contributed by atoms with E-state index in [4.69, 9.17) is 0 Å². The minimum absolute atomic E-state index is 0.0994. The Kier molecular flexibility index (Phi) is 4.52. The highest BCUT2D eigenvalue weighted by Gasteiger charge is 2.27. The highest BCUT2D eigenvalue weighted by molar-refractivity contribution is 9.10. The van der Waals surface area contributed by atoms with Gasteiger partial charge in [-0.1, -0.05) is 0 Å². The fourth-order valence-corrected chi connectivity index (χ4v) is 2.58. The molecule has 1 heterocycles. The summed E-state index contributed by atoms with van der Waals surface area (Å²) in [5.41, 5.74) is -0.475. The second-order valence-electron chi connectivity index (χ2n) is 4.57. The summed E-state index contributed by atoms with van der Waals surface area (Å²) >= 11 is 2.97. The van der Waals surface area contributed by atoms with Crippen LogP contribution in [0.3, 0.4) is 0 Å². The number of likely N-dealkylation sites (tertiary alicyclic amines) is 1. The first-order valence-corrected chi connectivity index (χ1v) is 6.94. The maximum atomic E-state index is 13.9. The number of rotatable bonds is 2. The van der Waals surface area contributed by atoms with Gasteiger partial charge >= 0.3 is 0 Å². The van der Waals surface area contributed by atoms with Gasteiger partial charge in [-0.15, -0.1) is 0 Å². The van der Waals surface area contributed by atoms with Crippen molar-refractivity contribution in [1.29, 1.82) is 0 Å². The molecule has 1 amide bonds. The number of hydrogen-bond acceptors (Lipinski definition) is 2. The third kappa shape index (κ3) is 2.95. The summed E-state index contributed by atoms with van der Waals surface area (Å²) in [6.07, 6.45) is 1.58. The van der Waals surface area contributed by atoms with E-state index in [0.29, 0.717) is 19.1 Å². The lowest BCUT2D eigenvalue weighted by Gasteiger charge is -2.32. The van der Waals surface area contributed by atoms with Crippen LogP contribution in [-0.2, 0) is 0 Å². The van der Waals surface area contributed by atoms with Crippen LogP contribution in [0.4, 0.5) is 8.78 Å². The molecular weight excluding hydrogens is 318 g/mol. The van der Waals surface area contributed by atoms with Crippen LogP contribution in [0.15, 0.2) is 16.6 Å². The van der Waals surface area contributed by atoms with Crippen molar-refractivity contribution in [3.8, 4) is 0 Å². The van der Waals surface area contributed by atoms with Crippen molar-refractivity contribution < 1.29 is 13.6 Å². The average molecular weight is 333 g/mol. The predicted octanol–water partition coefficient (Wildman–Crippen LogP) is 2.55. The number of halogens is 3. The van der Waals surface area contributed by atoms with Crippen molar-refractivity contribution in [3.63, 3.8) is 0 Å². The Morgan fingerprint density at radius 1 is 1.37 bits per heavy atom. The van der Waals surface area contributed by atoms with Gasteiger partial charge in [-0.2, -0.15) is 0 Å². The first-order chi connectivity index (χ1) is 9.04. The zero-order chi connectivity index (χ0) is 14.0. The minimum Gasteiger partial charge on any atom is -0.338 e. The van der Waals surface area contributed by atoms with Gasteiger partial charge in [-0.25, -0.2) is 8.78 Å². The van der Waals surface area contributed by atoms with E-state index in [9.17, 15) is 13.6 Å². The second-order valence-corrected chi connectivity index (χ2v) is 5.43. The molecule has 2 rings (SSSR count). The van der Waals surface area contributed by atoms with E-state index in [0.717, 1.165) is 18.9 Å². The van der Waals surface area contributed by atoms with Crippen LogP contribution < -0.4 is 5.32 Å². The molecule has 1 fully saturated rings. The summed E-state index contributed by atoms with van der Waals surface area (Å²) in [5, 5.41) is 3.14. The number of carbonyl (C=O) groups excluding carboxylic acids is 1. The van der Waals surface area contributed by atoms with Crippen molar-refractivity contribution in [2.45, 2.75) is 18.9 Å². The van der Waals surface area contributed by atoms with Crippen LogP contribution in [-0.4, -0.2) is 37.0 Å². The molecule has 1 aliphatic heterocycles. The van der Waals surface area contributed by atoms with Gasteiger partial charge in [-0.05, 0) is 48.0 Å². The predicted molar refractivity (Wildman–Crippen MR) is 72.0 cm³/mol. The molecule has 0 unspecified atom stereocenters. The molecule has 6 heteroatoms. The highest BCUT2D eigenvalue weighted by atomic mass is 79.9. The van der Waals surface area contributed by atoms with Gasteiger partial charge in [0.15, 0.2) is 5.82 Å². The van der Waals surface area contributed by atoms with Gasteiger partial charge in [0.05, 0.1) is 4.47 Å². The van der Waals surface area contributed by atoms with Gasteiger partial charge in [0.1, 0.15) is 11.4 Å². The van der Waals surface area contributed by atoms with Crippen LogP contribution >= 0.6 is 15.9 Å². The Labute approximate surface area is 119 Å². The van der Waals surface area contributed by atoms with Crippen LogP contribution in [0.2, 0.25) is 0 Å². The quantitative estimate of drug-likeness (QED) is 0.844. The van der Waals surface area contributed by atoms with Crippen molar-refractivity contribution in [2.24, 2.45) is 0 Å². The first-order valence-electron chi connectivity index (χ1n) is 6.14. The van der Waals surface area contributed by atoms with E-state index in [1.54, 1.807) is 0 Å². The fourth-order valence-electron chi connectivity index (χ4n) is 2.25. The molecule has 1 aromatic rings. The van der Waals surface area contributed by atoms with Crippen molar-refractivity contribution >= 4 is 21.8 Å². The molecular formula is C13H15BrF2N2O. The average Bonchev–Trinajstić information content (AvgIpc) is 2.43. The van der Waals surface area contributed by atoms with Gasteiger partial charge in [0, 0.05) is 19.1 Å². The van der Waals surface area contributed by atoms with Gasteiger partial charge < -0.3 is 10.2 Å². The van der Waals surface area contributed by atoms with Gasteiger partial charge in [0.2, 0.25) is 0 Å². The maximum Gasteiger partial charge on any atom is 0.259 e. The Bertz CT molecular complexity index is 488. The van der Waals surface area contributed by atoms with Crippen LogP contribution in [0.25, 0.3) is 0 Å². The third-order valence-electron chi connectivity index (χ3n) is 3.45. The molecule has 0 aliphatic carbocycles. The van der Waals surface area contributed by atoms with E-state index >= 15 is 0 Å². The fraction of sp³-hybridized carbons (Fsp3) is 0.462. The summed E-state index contributed by atoms with van der Waals surface area (Å²) in [6.45, 7) is 1.02. The molecule has 0 spiro atoms. The Morgan fingerprint density at radius 2 is 2.00 bits per heavy atom. The normalized spacial score (nSPS) is 16.7. The zero-order valence-electron chi connectivity index (χ0n) is 10.5. The Hall–Kier alpha value is -1.01. The molecule has 1 aliphatic rings. The molecule has 1 saturated heterocycles. The minimum atomic E-state index is -0.833. The zero-order valence-corrected chi connectivity index (χ0v) is 12.1. The van der Waals surface area contributed by atoms with Crippen molar-refractivity contribution in [1.82, 2.24) is 10.2 Å². The summed E-state index contributed by atoms with van der Waals surface area (Å²) < 4.78 is 27.6. The standard InChI is InChI=1S/C13H15BrF2N2O/c1-17-8-4-6-18(7-5-8)13(19)11-10(15)3-2-9(14)12(11)16/h2-3,8,17H,4-7H2,1H3. The second kappa shape index (κ2) is 5.96. The molecule has 3 nitrogen and oxygen atoms in total. The number of carbonyl (C=O) groups is 1. The molecule has 1 N–H and O–H groups in total. The largest absolute Gasteiger partial charge is 0.338 e. The lowest BCUT2D eigenvalue weighted by molar-refractivity contribution is 0.0697. The summed E-state index contributed by atoms with van der Waals surface area (Å²) in [5.74, 6) is -2.23. The highest BCUT2D eigenvalue weighted by Crippen LogP contribution is 2.24. The number of piperidine rings is 1. The van der Waals surface area contributed by atoms with E-state index in [-0.39, 0.29) is 4.47 Å². The third-order valence-corrected chi connectivity index (χ3v) is 4.06. The van der Waals surface area contributed by atoms with Gasteiger partial charge in [0.25, 0.3) is 5.91 Å². The van der Waals surface area contributed by atoms with Crippen molar-refractivity contribution in [2.75, 3.05) is 20.1 Å². The topological polar surface area (TPSA) is 32.3 Å². The number of nitrogens with zero attached hydrogens (tertiary/aromatic N) is 1. The van der Waals surface area contributed by atoms with Crippen LogP contribution in [0.1, 0.15) is 23.2 Å². The first kappa shape index (κ1) is 14.4. The molecule has 0 atom stereocenters. The molecule has 0 bridgehead atoms. The van der Waals surface area contributed by atoms with E-state index in [1.165, 1.54) is 11.0 Å². The maximum absolute atomic E-state index is 13.9. The lowest BCUT2D eigenvalue weighted by atomic mass is 10.0. The smallest absolute Gasteiger partial charge is 0.259 e. The number of benzene rings is 1. The molecule has 104 valence electrons. The van der Waals surface area contributed by atoms with E-state index < -0.39 is 23.1 Å². The molecule has 1 aromatic carbocycles. The number of nitrogens with one attached hydrogen (secondary N) is 1. The summed E-state index contributed by atoms with van der Waals surface area (Å²) in [6, 6.07) is 2.72. The molecule has 0 aromatic heterocycles. The van der Waals surface area contributed by atoms with Crippen molar-refractivity contribution in [3.05, 3.63) is 33.8 Å². The molecule has 0 saturated carbocycles. The van der Waals surface area contributed by atoms with Crippen LogP contribution in [0, 0.1) is 11.6 Å².